The molecule has 3 aromatic carbocycles. The number of fused-ring (bicyclic) bond motifs is 4. The third kappa shape index (κ3) is 2.40. The Bertz CT molecular complexity index is 1340. The summed E-state index contributed by atoms with van der Waals surface area (Å²) in [6, 6.07) is 26.0. The molecule has 0 atom stereocenters. The van der Waals surface area contributed by atoms with Gasteiger partial charge in [-0.05, 0) is 36.4 Å². The maximum atomic E-state index is 6.23. The van der Waals surface area contributed by atoms with Crippen LogP contribution < -0.4 is 26.1 Å². The molecule has 0 saturated carbocycles. The summed E-state index contributed by atoms with van der Waals surface area (Å²) in [7, 11) is 0. The van der Waals surface area contributed by atoms with Crippen LogP contribution in [0.5, 0.6) is 23.0 Å². The summed E-state index contributed by atoms with van der Waals surface area (Å²) in [5.74, 6) is 3.03. The zero-order chi connectivity index (χ0) is 20.4. The molecule has 0 spiro atoms. The van der Waals surface area contributed by atoms with E-state index in [9.17, 15) is 0 Å². The van der Waals surface area contributed by atoms with Crippen molar-refractivity contribution in [2.75, 3.05) is 0 Å². The lowest BCUT2D eigenvalue weighted by Gasteiger charge is -2.27. The summed E-state index contributed by atoms with van der Waals surface area (Å²) < 4.78 is 16.2. The Labute approximate surface area is 178 Å². The van der Waals surface area contributed by atoms with Gasteiger partial charge < -0.3 is 9.47 Å². The van der Waals surface area contributed by atoms with Crippen molar-refractivity contribution in [2.45, 2.75) is 0 Å². The Kier molecular flexibility index (Phi) is 3.26. The van der Waals surface area contributed by atoms with Gasteiger partial charge in [-0.25, -0.2) is 9.36 Å². The highest BCUT2D eigenvalue weighted by Gasteiger charge is 2.44. The predicted molar refractivity (Wildman–Crippen MR) is 118 cm³/mol. The summed E-state index contributed by atoms with van der Waals surface area (Å²) >= 11 is 0. The average Bonchev–Trinajstić information content (AvgIpc) is 3.44. The van der Waals surface area contributed by atoms with Gasteiger partial charge in [-0.3, -0.25) is 0 Å². The minimum atomic E-state index is -0.159. The lowest BCUT2D eigenvalue weighted by Crippen LogP contribution is -2.58. The number of benzene rings is 3. The van der Waals surface area contributed by atoms with E-state index in [0.29, 0.717) is 0 Å². The van der Waals surface area contributed by atoms with Crippen molar-refractivity contribution in [1.29, 1.82) is 0 Å². The fourth-order valence-corrected chi connectivity index (χ4v) is 4.35. The van der Waals surface area contributed by atoms with Gasteiger partial charge in [-0.2, -0.15) is 10.2 Å². The summed E-state index contributed by atoms with van der Waals surface area (Å²) in [5.41, 5.74) is 4.61. The fourth-order valence-electron chi connectivity index (χ4n) is 4.35. The number of rotatable bonds is 2. The molecule has 0 radical (unpaired) electrons. The standard InChI is InChI=1S/C24H15BN4O2/c1-3-8-16(9-4-1)28-14-20-23(26-28)25-22-18(30-20)12-7-13-19(22)31-21-15-29(27-24(21)25)17-10-5-2-6-11-17/h1-15H. The fraction of sp³-hybridized carbons (Fsp3) is 0. The topological polar surface area (TPSA) is 54.1 Å². The molecule has 146 valence electrons. The molecule has 5 aromatic rings. The molecule has 0 amide bonds. The normalized spacial score (nSPS) is 13.0. The van der Waals surface area contributed by atoms with Gasteiger partial charge in [0.15, 0.2) is 11.5 Å². The van der Waals surface area contributed by atoms with Gasteiger partial charge in [-0.1, -0.05) is 42.5 Å². The molecule has 0 saturated heterocycles. The minimum Gasteiger partial charge on any atom is -0.455 e. The molecule has 4 heterocycles. The van der Waals surface area contributed by atoms with Crippen LogP contribution in [0.15, 0.2) is 91.3 Å². The van der Waals surface area contributed by atoms with E-state index in [0.717, 1.165) is 51.0 Å². The molecule has 2 aromatic heterocycles. The molecule has 31 heavy (non-hydrogen) atoms. The van der Waals surface area contributed by atoms with Crippen LogP contribution in [0.2, 0.25) is 0 Å². The van der Waals surface area contributed by atoms with Crippen molar-refractivity contribution < 1.29 is 9.47 Å². The summed E-state index contributed by atoms with van der Waals surface area (Å²) in [6.07, 6.45) is 3.87. The summed E-state index contributed by atoms with van der Waals surface area (Å²) in [5, 5.41) is 9.83. The monoisotopic (exact) mass is 402 g/mol. The Hall–Kier alpha value is -4.26. The Balaban J connectivity index is 1.44. The molecule has 0 N–H and O–H groups in total. The van der Waals surface area contributed by atoms with Gasteiger partial charge in [0.2, 0.25) is 0 Å². The van der Waals surface area contributed by atoms with Gasteiger partial charge >= 0.3 is 6.71 Å². The number of para-hydroxylation sites is 2. The van der Waals surface area contributed by atoms with Gasteiger partial charge in [0.1, 0.15) is 11.5 Å². The molecule has 6 nitrogen and oxygen atoms in total. The average molecular weight is 402 g/mol. The third-order valence-corrected chi connectivity index (χ3v) is 5.76. The smallest absolute Gasteiger partial charge is 0.312 e. The van der Waals surface area contributed by atoms with E-state index in [2.05, 4.69) is 0 Å². The number of hydrogen-bond donors (Lipinski definition) is 0. The minimum absolute atomic E-state index is 0.159. The molecule has 2 aliphatic heterocycles. The second-order valence-corrected chi connectivity index (χ2v) is 7.62. The second kappa shape index (κ2) is 6.12. The molecule has 7 rings (SSSR count). The first-order valence-corrected chi connectivity index (χ1v) is 10.1. The van der Waals surface area contributed by atoms with Crippen LogP contribution in [-0.4, -0.2) is 26.3 Å². The van der Waals surface area contributed by atoms with E-state index in [1.807, 2.05) is 101 Å². The van der Waals surface area contributed by atoms with Crippen LogP contribution in [-0.2, 0) is 0 Å². The van der Waals surface area contributed by atoms with E-state index < -0.39 is 0 Å². The first kappa shape index (κ1) is 16.5. The van der Waals surface area contributed by atoms with Crippen LogP contribution in [0, 0.1) is 0 Å². The molecular formula is C24H15BN4O2. The van der Waals surface area contributed by atoms with Crippen molar-refractivity contribution in [3.63, 3.8) is 0 Å². The van der Waals surface area contributed by atoms with E-state index in [-0.39, 0.29) is 6.71 Å². The Morgan fingerprint density at radius 3 is 1.52 bits per heavy atom. The van der Waals surface area contributed by atoms with Crippen LogP contribution in [0.3, 0.4) is 0 Å². The maximum absolute atomic E-state index is 6.23. The lowest BCUT2D eigenvalue weighted by molar-refractivity contribution is 0.464. The molecule has 0 bridgehead atoms. The second-order valence-electron chi connectivity index (χ2n) is 7.62. The van der Waals surface area contributed by atoms with Gasteiger partial charge in [0, 0.05) is 5.46 Å². The zero-order valence-electron chi connectivity index (χ0n) is 16.3. The first-order valence-electron chi connectivity index (χ1n) is 10.1. The van der Waals surface area contributed by atoms with Gasteiger partial charge in [-0.15, -0.1) is 0 Å². The molecule has 2 aliphatic rings. The summed E-state index contributed by atoms with van der Waals surface area (Å²) in [4.78, 5) is 0. The van der Waals surface area contributed by atoms with Crippen LogP contribution in [0.25, 0.3) is 11.4 Å². The van der Waals surface area contributed by atoms with E-state index in [1.165, 1.54) is 0 Å². The van der Waals surface area contributed by atoms with E-state index in [4.69, 9.17) is 19.7 Å². The van der Waals surface area contributed by atoms with Crippen LogP contribution >= 0.6 is 0 Å². The summed E-state index contributed by atoms with van der Waals surface area (Å²) in [6.45, 7) is -0.159. The largest absolute Gasteiger partial charge is 0.455 e. The highest BCUT2D eigenvalue weighted by molar-refractivity contribution is 6.97. The van der Waals surface area contributed by atoms with Crippen LogP contribution in [0.4, 0.5) is 0 Å². The van der Waals surface area contributed by atoms with Crippen molar-refractivity contribution >= 4 is 23.4 Å². The highest BCUT2D eigenvalue weighted by atomic mass is 16.5. The molecule has 0 aliphatic carbocycles. The van der Waals surface area contributed by atoms with E-state index in [1.54, 1.807) is 0 Å². The SMILES string of the molecule is c1ccc(-n2cc3c(n2)B2c4nn(-c5ccccc5)cc4Oc4cccc(c42)O3)cc1. The van der Waals surface area contributed by atoms with Crippen molar-refractivity contribution in [2.24, 2.45) is 0 Å². The first-order chi connectivity index (χ1) is 15.3. The number of aromatic nitrogens is 4. The van der Waals surface area contributed by atoms with E-state index >= 15 is 0 Å². The quantitative estimate of drug-likeness (QED) is 0.418. The van der Waals surface area contributed by atoms with Crippen molar-refractivity contribution in [3.8, 4) is 34.4 Å². The molecule has 7 heteroatoms. The molecular weight excluding hydrogens is 387 g/mol. The Morgan fingerprint density at radius 2 is 1.03 bits per heavy atom. The molecule has 0 fully saturated rings. The highest BCUT2D eigenvalue weighted by Crippen LogP contribution is 2.34. The zero-order valence-corrected chi connectivity index (χ0v) is 16.3. The Morgan fingerprint density at radius 1 is 0.548 bits per heavy atom. The van der Waals surface area contributed by atoms with Gasteiger partial charge in [0.05, 0.1) is 35.0 Å². The lowest BCUT2D eigenvalue weighted by atomic mass is 9.38. The van der Waals surface area contributed by atoms with Crippen LogP contribution in [0.1, 0.15) is 0 Å². The molecule has 0 unspecified atom stereocenters. The van der Waals surface area contributed by atoms with Crippen molar-refractivity contribution in [3.05, 3.63) is 91.3 Å². The van der Waals surface area contributed by atoms with Gasteiger partial charge in [0.25, 0.3) is 0 Å². The predicted octanol–water partition coefficient (Wildman–Crippen LogP) is 2.79. The maximum Gasteiger partial charge on any atom is 0.312 e. The van der Waals surface area contributed by atoms with Crippen molar-refractivity contribution in [1.82, 2.24) is 19.6 Å². The third-order valence-electron chi connectivity index (χ3n) is 5.76. The number of hydrogen-bond acceptors (Lipinski definition) is 4. The number of ether oxygens (including phenoxy) is 2. The number of nitrogens with zero attached hydrogens (tertiary/aromatic N) is 4.